The molecule has 0 unspecified atom stereocenters. The Hall–Kier alpha value is -1.38. The molecule has 1 aromatic carbocycles. The van der Waals surface area contributed by atoms with Crippen molar-refractivity contribution in [2.75, 3.05) is 0 Å². The Bertz CT molecular complexity index is 284. The fourth-order valence-corrected chi connectivity index (χ4v) is 0.932. The minimum absolute atomic E-state index is 0.357. The van der Waals surface area contributed by atoms with Crippen LogP contribution in [0.15, 0.2) is 18.2 Å². The normalized spacial score (nSPS) is 9.75. The zero-order chi connectivity index (χ0) is 8.97. The van der Waals surface area contributed by atoms with Crippen LogP contribution in [0.2, 0.25) is 0 Å². The van der Waals surface area contributed by atoms with Gasteiger partial charge in [0.1, 0.15) is 6.29 Å². The van der Waals surface area contributed by atoms with Crippen LogP contribution < -0.4 is 0 Å². The molecule has 1 N–H and O–H groups in total. The van der Waals surface area contributed by atoms with E-state index in [9.17, 15) is 9.18 Å². The molecule has 1 rings (SSSR count). The number of phenolic OH excluding ortho intramolecular Hbond substituents is 1. The summed E-state index contributed by atoms with van der Waals surface area (Å²) >= 11 is 0. The Labute approximate surface area is 69.6 Å². The van der Waals surface area contributed by atoms with Gasteiger partial charge in [0, 0.05) is 6.42 Å². The van der Waals surface area contributed by atoms with Crippen molar-refractivity contribution in [1.29, 1.82) is 0 Å². The predicted molar refractivity (Wildman–Crippen MR) is 42.4 cm³/mol. The quantitative estimate of drug-likeness (QED) is 0.697. The number of rotatable bonds is 3. The van der Waals surface area contributed by atoms with Gasteiger partial charge in [0.2, 0.25) is 0 Å². The molecular formula is C9H9FO2. The van der Waals surface area contributed by atoms with Crippen molar-refractivity contribution in [2.24, 2.45) is 0 Å². The number of carbonyl (C=O) groups is 1. The SMILES string of the molecule is O=CCCc1ccc(O)c(F)c1. The number of halogens is 1. The molecule has 0 bridgehead atoms. The molecule has 2 nitrogen and oxygen atoms in total. The second kappa shape index (κ2) is 3.85. The van der Waals surface area contributed by atoms with E-state index >= 15 is 0 Å². The molecule has 0 aliphatic heterocycles. The molecule has 0 saturated heterocycles. The van der Waals surface area contributed by atoms with Crippen molar-refractivity contribution in [2.45, 2.75) is 12.8 Å². The summed E-state index contributed by atoms with van der Waals surface area (Å²) in [5, 5.41) is 8.82. The maximum atomic E-state index is 12.7. The van der Waals surface area contributed by atoms with Crippen LogP contribution in [0.4, 0.5) is 4.39 Å². The Morgan fingerprint density at radius 3 is 2.83 bits per heavy atom. The number of hydrogen-bond donors (Lipinski definition) is 1. The van der Waals surface area contributed by atoms with E-state index in [0.717, 1.165) is 11.8 Å². The second-order valence-corrected chi connectivity index (χ2v) is 2.49. The first-order valence-corrected chi connectivity index (χ1v) is 3.65. The fraction of sp³-hybridized carbons (Fsp3) is 0.222. The molecule has 0 atom stereocenters. The number of aromatic hydroxyl groups is 1. The average Bonchev–Trinajstić information content (AvgIpc) is 2.07. The van der Waals surface area contributed by atoms with E-state index in [2.05, 4.69) is 0 Å². The van der Waals surface area contributed by atoms with Crippen molar-refractivity contribution in [3.8, 4) is 5.75 Å². The Morgan fingerprint density at radius 1 is 1.50 bits per heavy atom. The van der Waals surface area contributed by atoms with E-state index in [1.165, 1.54) is 12.1 Å². The molecule has 0 saturated carbocycles. The number of carbonyl (C=O) groups excluding carboxylic acids is 1. The summed E-state index contributed by atoms with van der Waals surface area (Å²) in [5.41, 5.74) is 0.720. The highest BCUT2D eigenvalue weighted by Crippen LogP contribution is 2.16. The highest BCUT2D eigenvalue weighted by atomic mass is 19.1. The van der Waals surface area contributed by atoms with Crippen LogP contribution in [0.3, 0.4) is 0 Å². The molecule has 0 fully saturated rings. The van der Waals surface area contributed by atoms with Gasteiger partial charge >= 0.3 is 0 Å². The van der Waals surface area contributed by atoms with Gasteiger partial charge in [0.05, 0.1) is 0 Å². The van der Waals surface area contributed by atoms with Gasteiger partial charge in [-0.1, -0.05) is 6.07 Å². The standard InChI is InChI=1S/C9H9FO2/c10-8-6-7(2-1-5-11)3-4-9(8)12/h3-6,12H,1-2H2. The van der Waals surface area contributed by atoms with E-state index in [1.54, 1.807) is 6.07 Å². The fourth-order valence-electron chi connectivity index (χ4n) is 0.932. The molecule has 1 aromatic rings. The third-order valence-electron chi connectivity index (χ3n) is 1.56. The minimum atomic E-state index is -0.640. The summed E-state index contributed by atoms with van der Waals surface area (Å²) in [7, 11) is 0. The third kappa shape index (κ3) is 2.05. The van der Waals surface area contributed by atoms with Crippen LogP contribution in [-0.2, 0) is 11.2 Å². The zero-order valence-electron chi connectivity index (χ0n) is 6.46. The first-order valence-electron chi connectivity index (χ1n) is 3.65. The summed E-state index contributed by atoms with van der Waals surface area (Å²) in [4.78, 5) is 9.99. The maximum Gasteiger partial charge on any atom is 0.165 e. The highest BCUT2D eigenvalue weighted by Gasteiger charge is 2.00. The van der Waals surface area contributed by atoms with E-state index in [1.807, 2.05) is 0 Å². The number of phenols is 1. The molecule has 64 valence electrons. The monoisotopic (exact) mass is 168 g/mol. The van der Waals surface area contributed by atoms with Crippen molar-refractivity contribution >= 4 is 6.29 Å². The maximum absolute atomic E-state index is 12.7. The lowest BCUT2D eigenvalue weighted by Crippen LogP contribution is -1.87. The molecule has 0 aromatic heterocycles. The van der Waals surface area contributed by atoms with Crippen LogP contribution in [0.5, 0.6) is 5.75 Å². The van der Waals surface area contributed by atoms with Gasteiger partial charge in [0.25, 0.3) is 0 Å². The first kappa shape index (κ1) is 8.71. The van der Waals surface area contributed by atoms with Gasteiger partial charge in [-0.2, -0.15) is 0 Å². The summed E-state index contributed by atoms with van der Waals surface area (Å²) in [5.74, 6) is -0.997. The number of hydrogen-bond acceptors (Lipinski definition) is 2. The van der Waals surface area contributed by atoms with E-state index in [4.69, 9.17) is 5.11 Å². The number of aryl methyl sites for hydroxylation is 1. The van der Waals surface area contributed by atoms with Crippen molar-refractivity contribution in [3.05, 3.63) is 29.6 Å². The van der Waals surface area contributed by atoms with Crippen molar-refractivity contribution in [1.82, 2.24) is 0 Å². The summed E-state index contributed by atoms with van der Waals surface area (Å²) in [6, 6.07) is 4.12. The molecule has 0 amide bonds. The lowest BCUT2D eigenvalue weighted by atomic mass is 10.1. The topological polar surface area (TPSA) is 37.3 Å². The lowest BCUT2D eigenvalue weighted by molar-refractivity contribution is -0.107. The van der Waals surface area contributed by atoms with Crippen LogP contribution in [0.1, 0.15) is 12.0 Å². The summed E-state index contributed by atoms with van der Waals surface area (Å²) in [6.45, 7) is 0. The summed E-state index contributed by atoms with van der Waals surface area (Å²) < 4.78 is 12.7. The number of benzene rings is 1. The number of aldehydes is 1. The van der Waals surface area contributed by atoms with Crippen molar-refractivity contribution < 1.29 is 14.3 Å². The van der Waals surface area contributed by atoms with E-state index < -0.39 is 5.82 Å². The molecule has 12 heavy (non-hydrogen) atoms. The Kier molecular flexibility index (Phi) is 2.80. The predicted octanol–water partition coefficient (Wildman–Crippen LogP) is 1.66. The molecule has 0 aliphatic rings. The smallest absolute Gasteiger partial charge is 0.165 e. The van der Waals surface area contributed by atoms with Crippen molar-refractivity contribution in [3.63, 3.8) is 0 Å². The van der Waals surface area contributed by atoms with Gasteiger partial charge in [0.15, 0.2) is 11.6 Å². The zero-order valence-corrected chi connectivity index (χ0v) is 6.46. The van der Waals surface area contributed by atoms with Crippen LogP contribution in [-0.4, -0.2) is 11.4 Å². The highest BCUT2D eigenvalue weighted by molar-refractivity contribution is 5.50. The Balaban J connectivity index is 2.75. The van der Waals surface area contributed by atoms with Crippen LogP contribution >= 0.6 is 0 Å². The molecule has 0 aliphatic carbocycles. The first-order chi connectivity index (χ1) is 5.74. The van der Waals surface area contributed by atoms with E-state index in [0.29, 0.717) is 12.8 Å². The lowest BCUT2D eigenvalue weighted by Gasteiger charge is -1.98. The third-order valence-corrected chi connectivity index (χ3v) is 1.56. The van der Waals surface area contributed by atoms with Crippen LogP contribution in [0.25, 0.3) is 0 Å². The minimum Gasteiger partial charge on any atom is -0.505 e. The van der Waals surface area contributed by atoms with Gasteiger partial charge in [-0.25, -0.2) is 4.39 Å². The van der Waals surface area contributed by atoms with Gasteiger partial charge in [-0.3, -0.25) is 0 Å². The Morgan fingerprint density at radius 2 is 2.25 bits per heavy atom. The molecule has 0 radical (unpaired) electrons. The van der Waals surface area contributed by atoms with Gasteiger partial charge in [-0.15, -0.1) is 0 Å². The molecule has 0 heterocycles. The van der Waals surface area contributed by atoms with Gasteiger partial charge < -0.3 is 9.90 Å². The summed E-state index contributed by atoms with van der Waals surface area (Å²) in [6.07, 6.45) is 1.68. The molecular weight excluding hydrogens is 159 g/mol. The average molecular weight is 168 g/mol. The van der Waals surface area contributed by atoms with Crippen LogP contribution in [0, 0.1) is 5.82 Å². The second-order valence-electron chi connectivity index (χ2n) is 2.49. The van der Waals surface area contributed by atoms with Gasteiger partial charge in [-0.05, 0) is 24.1 Å². The molecule has 3 heteroatoms. The van der Waals surface area contributed by atoms with E-state index in [-0.39, 0.29) is 5.75 Å². The molecule has 0 spiro atoms. The largest absolute Gasteiger partial charge is 0.505 e.